The third-order valence-corrected chi connectivity index (χ3v) is 2.05. The first-order chi connectivity index (χ1) is 7.46. The van der Waals surface area contributed by atoms with Crippen LogP contribution in [0.1, 0.15) is 11.1 Å². The SMILES string of the molecule is CNCC=Cc1c(N)cccc1C(F)(F)F. The van der Waals surface area contributed by atoms with Gasteiger partial charge in [0.05, 0.1) is 5.56 Å². The highest BCUT2D eigenvalue weighted by Crippen LogP contribution is 2.34. The Hall–Kier alpha value is -1.49. The zero-order chi connectivity index (χ0) is 12.2. The van der Waals surface area contributed by atoms with Gasteiger partial charge in [0.15, 0.2) is 0 Å². The van der Waals surface area contributed by atoms with Gasteiger partial charge in [-0.2, -0.15) is 13.2 Å². The summed E-state index contributed by atoms with van der Waals surface area (Å²) in [6, 6.07) is 3.78. The zero-order valence-corrected chi connectivity index (χ0v) is 8.81. The molecule has 1 aromatic rings. The third kappa shape index (κ3) is 3.00. The Kier molecular flexibility index (Phi) is 3.95. The lowest BCUT2D eigenvalue weighted by atomic mass is 10.0. The van der Waals surface area contributed by atoms with E-state index >= 15 is 0 Å². The first-order valence-corrected chi connectivity index (χ1v) is 4.73. The van der Waals surface area contributed by atoms with Crippen LogP contribution in [-0.2, 0) is 6.18 Å². The molecule has 0 fully saturated rings. The fraction of sp³-hybridized carbons (Fsp3) is 0.273. The molecule has 1 aromatic carbocycles. The number of benzene rings is 1. The van der Waals surface area contributed by atoms with Crippen LogP contribution in [0.3, 0.4) is 0 Å². The van der Waals surface area contributed by atoms with Crippen LogP contribution in [0.15, 0.2) is 24.3 Å². The lowest BCUT2D eigenvalue weighted by Crippen LogP contribution is -2.09. The minimum Gasteiger partial charge on any atom is -0.398 e. The number of anilines is 1. The summed E-state index contributed by atoms with van der Waals surface area (Å²) in [5.74, 6) is 0. The summed E-state index contributed by atoms with van der Waals surface area (Å²) in [6.45, 7) is 0.492. The standard InChI is InChI=1S/C11H13F3N2/c1-16-7-3-4-8-9(11(12,13)14)5-2-6-10(8)15/h2-6,16H,7,15H2,1H3. The molecule has 1 rings (SSSR count). The Morgan fingerprint density at radius 2 is 2.06 bits per heavy atom. The van der Waals surface area contributed by atoms with E-state index in [2.05, 4.69) is 5.32 Å². The maximum Gasteiger partial charge on any atom is 0.417 e. The summed E-state index contributed by atoms with van der Waals surface area (Å²) in [7, 11) is 1.71. The topological polar surface area (TPSA) is 38.0 Å². The lowest BCUT2D eigenvalue weighted by Gasteiger charge is -2.12. The smallest absolute Gasteiger partial charge is 0.398 e. The molecule has 0 saturated heterocycles. The van der Waals surface area contributed by atoms with Gasteiger partial charge in [-0.1, -0.05) is 18.2 Å². The molecule has 88 valence electrons. The monoisotopic (exact) mass is 230 g/mol. The molecule has 0 aromatic heterocycles. The van der Waals surface area contributed by atoms with Crippen LogP contribution in [0.2, 0.25) is 0 Å². The van der Waals surface area contributed by atoms with Crippen molar-refractivity contribution in [2.24, 2.45) is 0 Å². The number of likely N-dealkylation sites (N-methyl/N-ethyl adjacent to an activating group) is 1. The van der Waals surface area contributed by atoms with Crippen molar-refractivity contribution in [2.45, 2.75) is 6.18 Å². The van der Waals surface area contributed by atoms with Crippen molar-refractivity contribution in [1.29, 1.82) is 0 Å². The van der Waals surface area contributed by atoms with Crippen molar-refractivity contribution in [3.05, 3.63) is 35.4 Å². The van der Waals surface area contributed by atoms with E-state index in [0.29, 0.717) is 6.54 Å². The van der Waals surface area contributed by atoms with Crippen molar-refractivity contribution in [1.82, 2.24) is 5.32 Å². The van der Waals surface area contributed by atoms with Gasteiger partial charge in [-0.3, -0.25) is 0 Å². The Balaban J connectivity index is 3.14. The van der Waals surface area contributed by atoms with E-state index in [1.807, 2.05) is 0 Å². The average Bonchev–Trinajstić information content (AvgIpc) is 2.19. The van der Waals surface area contributed by atoms with Crippen LogP contribution in [0.25, 0.3) is 6.08 Å². The number of hydrogen-bond donors (Lipinski definition) is 2. The average molecular weight is 230 g/mol. The second kappa shape index (κ2) is 5.03. The van der Waals surface area contributed by atoms with E-state index in [1.165, 1.54) is 18.2 Å². The van der Waals surface area contributed by atoms with Gasteiger partial charge in [-0.15, -0.1) is 0 Å². The van der Waals surface area contributed by atoms with E-state index in [4.69, 9.17) is 5.73 Å². The molecule has 0 saturated carbocycles. The highest BCUT2D eigenvalue weighted by atomic mass is 19.4. The molecule has 5 heteroatoms. The number of nitrogen functional groups attached to an aromatic ring is 1. The van der Waals surface area contributed by atoms with Crippen molar-refractivity contribution >= 4 is 11.8 Å². The zero-order valence-electron chi connectivity index (χ0n) is 8.81. The van der Waals surface area contributed by atoms with E-state index in [-0.39, 0.29) is 11.3 Å². The third-order valence-electron chi connectivity index (χ3n) is 2.05. The number of hydrogen-bond acceptors (Lipinski definition) is 2. The molecule has 0 unspecified atom stereocenters. The highest BCUT2D eigenvalue weighted by molar-refractivity contribution is 5.68. The molecule has 0 atom stereocenters. The molecule has 0 spiro atoms. The van der Waals surface area contributed by atoms with Gasteiger partial charge >= 0.3 is 6.18 Å². The molecule has 0 aliphatic rings. The minimum absolute atomic E-state index is 0.0188. The van der Waals surface area contributed by atoms with Crippen LogP contribution in [0, 0.1) is 0 Å². The fourth-order valence-corrected chi connectivity index (χ4v) is 1.31. The van der Waals surface area contributed by atoms with Gasteiger partial charge in [-0.25, -0.2) is 0 Å². The van der Waals surface area contributed by atoms with Gasteiger partial charge in [0, 0.05) is 17.8 Å². The van der Waals surface area contributed by atoms with Crippen LogP contribution in [0.4, 0.5) is 18.9 Å². The molecule has 0 radical (unpaired) electrons. The molecular weight excluding hydrogens is 217 g/mol. The van der Waals surface area contributed by atoms with Crippen LogP contribution < -0.4 is 11.1 Å². The number of nitrogens with two attached hydrogens (primary N) is 1. The molecule has 16 heavy (non-hydrogen) atoms. The number of halogens is 3. The minimum atomic E-state index is -4.38. The first kappa shape index (κ1) is 12.6. The summed E-state index contributed by atoms with van der Waals surface area (Å²) in [4.78, 5) is 0. The van der Waals surface area contributed by atoms with Gasteiger partial charge < -0.3 is 11.1 Å². The van der Waals surface area contributed by atoms with Crippen LogP contribution in [0.5, 0.6) is 0 Å². The van der Waals surface area contributed by atoms with Crippen molar-refractivity contribution in [3.8, 4) is 0 Å². The Labute approximate surface area is 92.0 Å². The van der Waals surface area contributed by atoms with Crippen LogP contribution >= 0.6 is 0 Å². The fourth-order valence-electron chi connectivity index (χ4n) is 1.31. The molecular formula is C11H13F3N2. The first-order valence-electron chi connectivity index (χ1n) is 4.73. The molecule has 3 N–H and O–H groups in total. The second-order valence-electron chi connectivity index (χ2n) is 3.27. The van der Waals surface area contributed by atoms with Crippen LogP contribution in [-0.4, -0.2) is 13.6 Å². The van der Waals surface area contributed by atoms with E-state index in [0.717, 1.165) is 6.07 Å². The van der Waals surface area contributed by atoms with Gasteiger partial charge in [0.1, 0.15) is 0 Å². The van der Waals surface area contributed by atoms with E-state index < -0.39 is 11.7 Å². The van der Waals surface area contributed by atoms with Gasteiger partial charge in [-0.05, 0) is 19.2 Å². The van der Waals surface area contributed by atoms with Crippen molar-refractivity contribution in [3.63, 3.8) is 0 Å². The quantitative estimate of drug-likeness (QED) is 0.783. The second-order valence-corrected chi connectivity index (χ2v) is 3.27. The maximum absolute atomic E-state index is 12.6. The Bertz CT molecular complexity index is 383. The normalized spacial score (nSPS) is 12.2. The number of nitrogens with one attached hydrogen (secondary N) is 1. The summed E-state index contributed by atoms with van der Waals surface area (Å²) in [6.07, 6.45) is -1.40. The summed E-state index contributed by atoms with van der Waals surface area (Å²) in [5.41, 5.74) is 4.97. The van der Waals surface area contributed by atoms with Crippen molar-refractivity contribution in [2.75, 3.05) is 19.3 Å². The van der Waals surface area contributed by atoms with E-state index in [9.17, 15) is 13.2 Å². The Morgan fingerprint density at radius 3 is 2.62 bits per heavy atom. The molecule has 0 amide bonds. The Morgan fingerprint density at radius 1 is 1.38 bits per heavy atom. The summed E-state index contributed by atoms with van der Waals surface area (Å²) >= 11 is 0. The van der Waals surface area contributed by atoms with Gasteiger partial charge in [0.25, 0.3) is 0 Å². The van der Waals surface area contributed by atoms with Gasteiger partial charge in [0.2, 0.25) is 0 Å². The predicted octanol–water partition coefficient (Wildman–Crippen LogP) is 2.52. The maximum atomic E-state index is 12.6. The highest BCUT2D eigenvalue weighted by Gasteiger charge is 2.33. The summed E-state index contributed by atoms with van der Waals surface area (Å²) in [5, 5.41) is 2.81. The number of rotatable bonds is 3. The molecule has 0 aliphatic heterocycles. The molecule has 0 bridgehead atoms. The van der Waals surface area contributed by atoms with Crippen molar-refractivity contribution < 1.29 is 13.2 Å². The molecule has 0 heterocycles. The summed E-state index contributed by atoms with van der Waals surface area (Å²) < 4.78 is 37.9. The van der Waals surface area contributed by atoms with E-state index in [1.54, 1.807) is 13.1 Å². The molecule has 0 aliphatic carbocycles. The predicted molar refractivity (Wildman–Crippen MR) is 58.8 cm³/mol. The lowest BCUT2D eigenvalue weighted by molar-refractivity contribution is -0.137. The number of alkyl halides is 3. The molecule has 2 nitrogen and oxygen atoms in total. The largest absolute Gasteiger partial charge is 0.417 e.